The van der Waals surface area contributed by atoms with E-state index in [2.05, 4.69) is 5.32 Å². The van der Waals surface area contributed by atoms with Crippen LogP contribution in [0.4, 0.5) is 4.39 Å². The SMILES string of the molecule is CC(C)(C)OC(=O)C(C)(NC(C#N)c1ccccc1F)C(=O)OC(C)(C)C. The first-order valence-electron chi connectivity index (χ1n) is 8.58. The summed E-state index contributed by atoms with van der Waals surface area (Å²) in [4.78, 5) is 25.6. The highest BCUT2D eigenvalue weighted by Crippen LogP contribution is 2.24. The Balaban J connectivity index is 3.32. The first-order chi connectivity index (χ1) is 12.2. The Labute approximate surface area is 159 Å². The number of rotatable bonds is 5. The molecular formula is C20H27FN2O4. The molecule has 0 radical (unpaired) electrons. The van der Waals surface area contributed by atoms with E-state index < -0.39 is 40.5 Å². The lowest BCUT2D eigenvalue weighted by Crippen LogP contribution is -2.60. The Hall–Kier alpha value is -2.46. The van der Waals surface area contributed by atoms with Gasteiger partial charge in [0.25, 0.3) is 0 Å². The molecule has 6 nitrogen and oxygen atoms in total. The first-order valence-corrected chi connectivity index (χ1v) is 8.58. The first kappa shape index (κ1) is 22.6. The van der Waals surface area contributed by atoms with Crippen molar-refractivity contribution in [2.24, 2.45) is 0 Å². The van der Waals surface area contributed by atoms with Crippen molar-refractivity contribution in [2.75, 3.05) is 0 Å². The number of esters is 2. The maximum atomic E-state index is 14.1. The van der Waals surface area contributed by atoms with Gasteiger partial charge in [0.1, 0.15) is 23.1 Å². The van der Waals surface area contributed by atoms with E-state index in [4.69, 9.17) is 9.47 Å². The predicted octanol–water partition coefficient (Wildman–Crippen LogP) is 3.42. The summed E-state index contributed by atoms with van der Waals surface area (Å²) in [5.41, 5.74) is -3.74. The number of hydrogen-bond acceptors (Lipinski definition) is 6. The molecular weight excluding hydrogens is 351 g/mol. The summed E-state index contributed by atoms with van der Waals surface area (Å²) in [5.74, 6) is -2.46. The number of carbonyl (C=O) groups is 2. The number of hydrogen-bond donors (Lipinski definition) is 1. The van der Waals surface area contributed by atoms with E-state index in [0.29, 0.717) is 0 Å². The van der Waals surface area contributed by atoms with Gasteiger partial charge in [0, 0.05) is 5.56 Å². The van der Waals surface area contributed by atoms with Crippen LogP contribution in [0.3, 0.4) is 0 Å². The van der Waals surface area contributed by atoms with Gasteiger partial charge in [0.15, 0.2) is 0 Å². The Morgan fingerprint density at radius 2 is 1.44 bits per heavy atom. The summed E-state index contributed by atoms with van der Waals surface area (Å²) in [6.45, 7) is 11.2. The molecule has 0 fully saturated rings. The molecule has 1 aromatic rings. The van der Waals surface area contributed by atoms with Crippen molar-refractivity contribution in [1.82, 2.24) is 5.32 Å². The lowest BCUT2D eigenvalue weighted by molar-refractivity contribution is -0.178. The molecule has 0 spiro atoms. The average molecular weight is 378 g/mol. The molecule has 0 amide bonds. The van der Waals surface area contributed by atoms with Crippen molar-refractivity contribution in [3.05, 3.63) is 35.6 Å². The molecule has 0 heterocycles. The molecule has 1 N–H and O–H groups in total. The third kappa shape index (κ3) is 6.33. The van der Waals surface area contributed by atoms with Crippen molar-refractivity contribution in [1.29, 1.82) is 5.26 Å². The van der Waals surface area contributed by atoms with E-state index in [0.717, 1.165) is 0 Å². The number of nitriles is 1. The molecule has 0 bridgehead atoms. The van der Waals surface area contributed by atoms with E-state index in [1.54, 1.807) is 47.6 Å². The van der Waals surface area contributed by atoms with Crippen LogP contribution in [0.2, 0.25) is 0 Å². The van der Waals surface area contributed by atoms with Gasteiger partial charge in [-0.2, -0.15) is 5.26 Å². The van der Waals surface area contributed by atoms with Crippen LogP contribution in [0, 0.1) is 17.1 Å². The maximum absolute atomic E-state index is 14.1. The molecule has 7 heteroatoms. The third-order valence-electron chi connectivity index (χ3n) is 3.39. The molecule has 27 heavy (non-hydrogen) atoms. The molecule has 1 atom stereocenters. The Morgan fingerprint density at radius 3 is 1.81 bits per heavy atom. The number of halogens is 1. The van der Waals surface area contributed by atoms with Gasteiger partial charge in [0.05, 0.1) is 6.07 Å². The molecule has 0 aromatic heterocycles. The van der Waals surface area contributed by atoms with Gasteiger partial charge in [-0.05, 0) is 54.5 Å². The van der Waals surface area contributed by atoms with Crippen LogP contribution in [0.1, 0.15) is 60.1 Å². The zero-order valence-electron chi connectivity index (χ0n) is 16.8. The highest BCUT2D eigenvalue weighted by Gasteiger charge is 2.48. The van der Waals surface area contributed by atoms with E-state index in [1.807, 2.05) is 6.07 Å². The zero-order valence-corrected chi connectivity index (χ0v) is 16.8. The largest absolute Gasteiger partial charge is 0.458 e. The molecule has 0 aliphatic carbocycles. The van der Waals surface area contributed by atoms with Crippen LogP contribution in [-0.2, 0) is 19.1 Å². The molecule has 1 rings (SSSR count). The lowest BCUT2D eigenvalue weighted by Gasteiger charge is -2.34. The topological polar surface area (TPSA) is 88.4 Å². The molecule has 0 aliphatic rings. The zero-order chi connectivity index (χ0) is 21.0. The number of nitrogens with zero attached hydrogens (tertiary/aromatic N) is 1. The smallest absolute Gasteiger partial charge is 0.338 e. The summed E-state index contributed by atoms with van der Waals surface area (Å²) in [6.07, 6.45) is 0. The van der Waals surface area contributed by atoms with Gasteiger partial charge in [-0.15, -0.1) is 0 Å². The van der Waals surface area contributed by atoms with Crippen LogP contribution in [0.15, 0.2) is 24.3 Å². The van der Waals surface area contributed by atoms with Gasteiger partial charge in [-0.3, -0.25) is 5.32 Å². The fourth-order valence-corrected chi connectivity index (χ4v) is 2.14. The molecule has 1 aromatic carbocycles. The van der Waals surface area contributed by atoms with Crippen molar-refractivity contribution in [2.45, 2.75) is 71.2 Å². The summed E-state index contributed by atoms with van der Waals surface area (Å²) in [6, 6.07) is 6.25. The van der Waals surface area contributed by atoms with Crippen molar-refractivity contribution < 1.29 is 23.5 Å². The van der Waals surface area contributed by atoms with Crippen molar-refractivity contribution in [3.8, 4) is 6.07 Å². The number of carbonyl (C=O) groups excluding carboxylic acids is 2. The summed E-state index contributed by atoms with van der Waals surface area (Å²) in [7, 11) is 0. The number of nitrogens with one attached hydrogen (secondary N) is 1. The van der Waals surface area contributed by atoms with Gasteiger partial charge in [-0.1, -0.05) is 18.2 Å². The minimum Gasteiger partial charge on any atom is -0.458 e. The van der Waals surface area contributed by atoms with E-state index in [-0.39, 0.29) is 5.56 Å². The highest BCUT2D eigenvalue weighted by molar-refractivity contribution is 6.04. The van der Waals surface area contributed by atoms with Crippen LogP contribution < -0.4 is 5.32 Å². The molecule has 0 aliphatic heterocycles. The molecule has 1 unspecified atom stereocenters. The van der Waals surface area contributed by atoms with Gasteiger partial charge in [-0.25, -0.2) is 14.0 Å². The monoisotopic (exact) mass is 378 g/mol. The standard InChI is InChI=1S/C20H27FN2O4/c1-18(2,3)26-16(24)20(7,17(25)27-19(4,5)6)23-15(12-22)13-10-8-9-11-14(13)21/h8-11,15,23H,1-7H3. The quantitative estimate of drug-likeness (QED) is 0.624. The second kappa shape index (κ2) is 8.05. The maximum Gasteiger partial charge on any atom is 0.338 e. The highest BCUT2D eigenvalue weighted by atomic mass is 19.1. The summed E-state index contributed by atoms with van der Waals surface area (Å²) >= 11 is 0. The van der Waals surface area contributed by atoms with Crippen LogP contribution in [0.5, 0.6) is 0 Å². The second-order valence-corrected chi connectivity index (χ2v) is 8.36. The van der Waals surface area contributed by atoms with Crippen LogP contribution in [0.25, 0.3) is 0 Å². The number of ether oxygens (including phenoxy) is 2. The fraction of sp³-hybridized carbons (Fsp3) is 0.550. The van der Waals surface area contributed by atoms with Gasteiger partial charge in [0.2, 0.25) is 5.54 Å². The third-order valence-corrected chi connectivity index (χ3v) is 3.39. The Kier molecular flexibility index (Phi) is 6.73. The van der Waals surface area contributed by atoms with Gasteiger partial charge >= 0.3 is 11.9 Å². The van der Waals surface area contributed by atoms with Crippen molar-refractivity contribution in [3.63, 3.8) is 0 Å². The number of benzene rings is 1. The summed E-state index contributed by atoms with van der Waals surface area (Å²) in [5, 5.41) is 12.1. The van der Waals surface area contributed by atoms with Crippen LogP contribution >= 0.6 is 0 Å². The van der Waals surface area contributed by atoms with E-state index >= 15 is 0 Å². The molecule has 148 valence electrons. The van der Waals surface area contributed by atoms with E-state index in [9.17, 15) is 19.2 Å². The normalized spacial score (nSPS) is 13.4. The minimum absolute atomic E-state index is 0.0124. The average Bonchev–Trinajstić information content (AvgIpc) is 2.49. The fourth-order valence-electron chi connectivity index (χ4n) is 2.14. The van der Waals surface area contributed by atoms with Crippen LogP contribution in [-0.4, -0.2) is 28.7 Å². The minimum atomic E-state index is -2.01. The molecule has 0 saturated heterocycles. The Bertz CT molecular complexity index is 714. The van der Waals surface area contributed by atoms with E-state index in [1.165, 1.54) is 25.1 Å². The van der Waals surface area contributed by atoms with Crippen molar-refractivity contribution >= 4 is 11.9 Å². The lowest BCUT2D eigenvalue weighted by atomic mass is 9.97. The van der Waals surface area contributed by atoms with Gasteiger partial charge < -0.3 is 9.47 Å². The second-order valence-electron chi connectivity index (χ2n) is 8.36. The predicted molar refractivity (Wildman–Crippen MR) is 98.0 cm³/mol. The summed E-state index contributed by atoms with van der Waals surface area (Å²) < 4.78 is 24.8. The molecule has 0 saturated carbocycles. The Morgan fingerprint density at radius 1 is 1.00 bits per heavy atom.